The van der Waals surface area contributed by atoms with Crippen molar-refractivity contribution in [3.8, 4) is 5.75 Å². The number of hydrogen-bond donors (Lipinski definition) is 0. The maximum absolute atomic E-state index is 13.4. The van der Waals surface area contributed by atoms with Crippen LogP contribution in [-0.4, -0.2) is 18.4 Å². The number of rotatable bonds is 8. The summed E-state index contributed by atoms with van der Waals surface area (Å²) in [7, 11) is 0. The third-order valence-electron chi connectivity index (χ3n) is 5.04. The van der Waals surface area contributed by atoms with E-state index in [0.29, 0.717) is 34.1 Å². The summed E-state index contributed by atoms with van der Waals surface area (Å²) in [5, 5.41) is 0. The summed E-state index contributed by atoms with van der Waals surface area (Å²) >= 11 is 1.32. The fourth-order valence-electron chi connectivity index (χ4n) is 3.44. The monoisotopic (exact) mass is 433 g/mol. The van der Waals surface area contributed by atoms with Gasteiger partial charge in [0.05, 0.1) is 34.8 Å². The number of imide groups is 1. The fourth-order valence-corrected chi connectivity index (χ4v) is 4.45. The molecule has 0 bridgehead atoms. The Kier molecular flexibility index (Phi) is 6.28. The summed E-state index contributed by atoms with van der Waals surface area (Å²) in [5.74, 6) is 1.30. The number of amides is 2. The van der Waals surface area contributed by atoms with E-state index in [1.807, 2.05) is 61.5 Å². The molecule has 3 aromatic rings. The molecule has 2 heterocycles. The molecule has 0 saturated heterocycles. The molecule has 2 amide bonds. The number of nitrogens with zero attached hydrogens (tertiary/aromatic N) is 1. The fraction of sp³-hybridized carbons (Fsp3) is 0.200. The number of furan rings is 1. The molecule has 158 valence electrons. The Morgan fingerprint density at radius 1 is 0.935 bits per heavy atom. The molecule has 1 aliphatic heterocycles. The van der Waals surface area contributed by atoms with Crippen LogP contribution >= 0.6 is 11.8 Å². The van der Waals surface area contributed by atoms with Gasteiger partial charge in [0.1, 0.15) is 11.5 Å². The first-order valence-corrected chi connectivity index (χ1v) is 11.2. The van der Waals surface area contributed by atoms with Gasteiger partial charge in [-0.3, -0.25) is 9.59 Å². The standard InChI is InChI=1S/C25H23NO4S/c1-3-17-7-11-19(12-8-17)26-24(27)22(18-9-13-20(14-10-18)29-4-2)23(25(26)28)31-16-21-6-5-15-30-21/h5-15H,3-4,16H2,1-2H3. The lowest BCUT2D eigenvalue weighted by Gasteiger charge is -2.15. The van der Waals surface area contributed by atoms with E-state index >= 15 is 0 Å². The molecule has 0 N–H and O–H groups in total. The van der Waals surface area contributed by atoms with Crippen LogP contribution in [0.25, 0.3) is 5.57 Å². The second kappa shape index (κ2) is 9.27. The summed E-state index contributed by atoms with van der Waals surface area (Å²) < 4.78 is 10.9. The van der Waals surface area contributed by atoms with Gasteiger partial charge < -0.3 is 9.15 Å². The Hall–Kier alpha value is -3.25. The first kappa shape index (κ1) is 21.0. The van der Waals surface area contributed by atoms with Gasteiger partial charge >= 0.3 is 0 Å². The van der Waals surface area contributed by atoms with Crippen LogP contribution in [0.3, 0.4) is 0 Å². The average molecular weight is 434 g/mol. The van der Waals surface area contributed by atoms with Crippen LogP contribution in [0.2, 0.25) is 0 Å². The number of aryl methyl sites for hydroxylation is 1. The zero-order chi connectivity index (χ0) is 21.8. The highest BCUT2D eigenvalue weighted by Gasteiger charge is 2.40. The summed E-state index contributed by atoms with van der Waals surface area (Å²) in [4.78, 5) is 28.5. The molecule has 0 atom stereocenters. The minimum absolute atomic E-state index is 0.310. The molecule has 4 rings (SSSR count). The van der Waals surface area contributed by atoms with Crippen molar-refractivity contribution in [3.63, 3.8) is 0 Å². The molecule has 31 heavy (non-hydrogen) atoms. The normalized spacial score (nSPS) is 13.9. The lowest BCUT2D eigenvalue weighted by Crippen LogP contribution is -2.31. The quantitative estimate of drug-likeness (QED) is 0.442. The van der Waals surface area contributed by atoms with Crippen molar-refractivity contribution in [3.05, 3.63) is 88.7 Å². The predicted molar refractivity (Wildman–Crippen MR) is 123 cm³/mol. The molecular weight excluding hydrogens is 410 g/mol. The van der Waals surface area contributed by atoms with E-state index in [9.17, 15) is 9.59 Å². The molecule has 0 spiro atoms. The van der Waals surface area contributed by atoms with Crippen molar-refractivity contribution in [2.24, 2.45) is 0 Å². The number of carbonyl (C=O) groups excluding carboxylic acids is 2. The van der Waals surface area contributed by atoms with Crippen molar-refractivity contribution >= 4 is 34.8 Å². The molecule has 0 fully saturated rings. The van der Waals surface area contributed by atoms with Gasteiger partial charge in [-0.1, -0.05) is 31.2 Å². The van der Waals surface area contributed by atoms with E-state index in [1.54, 1.807) is 12.3 Å². The Balaban J connectivity index is 1.70. The van der Waals surface area contributed by atoms with Gasteiger partial charge in [0.2, 0.25) is 0 Å². The predicted octanol–water partition coefficient (Wildman–Crippen LogP) is 5.46. The van der Waals surface area contributed by atoms with Crippen molar-refractivity contribution in [2.75, 3.05) is 11.5 Å². The summed E-state index contributed by atoms with van der Waals surface area (Å²) in [6.07, 6.45) is 2.49. The summed E-state index contributed by atoms with van der Waals surface area (Å²) in [6.45, 7) is 4.54. The lowest BCUT2D eigenvalue weighted by molar-refractivity contribution is -0.119. The molecule has 2 aromatic carbocycles. The Labute approximate surface area is 185 Å². The van der Waals surface area contributed by atoms with Crippen molar-refractivity contribution in [1.82, 2.24) is 0 Å². The first-order valence-electron chi connectivity index (χ1n) is 10.2. The van der Waals surface area contributed by atoms with Crippen molar-refractivity contribution < 1.29 is 18.7 Å². The van der Waals surface area contributed by atoms with Crippen molar-refractivity contribution in [2.45, 2.75) is 26.0 Å². The summed E-state index contributed by atoms with van der Waals surface area (Å²) in [5.41, 5.74) is 2.82. The molecule has 0 radical (unpaired) electrons. The van der Waals surface area contributed by atoms with E-state index < -0.39 is 0 Å². The molecule has 0 saturated carbocycles. The van der Waals surface area contributed by atoms with E-state index in [0.717, 1.165) is 23.5 Å². The van der Waals surface area contributed by atoms with Crippen LogP contribution in [0, 0.1) is 0 Å². The van der Waals surface area contributed by atoms with Gasteiger partial charge in [-0.15, -0.1) is 11.8 Å². The van der Waals surface area contributed by atoms with Gasteiger partial charge in [0.15, 0.2) is 0 Å². The molecular formula is C25H23NO4S. The van der Waals surface area contributed by atoms with Crippen LogP contribution in [0.1, 0.15) is 30.7 Å². The van der Waals surface area contributed by atoms with Crippen LogP contribution in [0.5, 0.6) is 5.75 Å². The van der Waals surface area contributed by atoms with Crippen LogP contribution in [0.15, 0.2) is 76.2 Å². The molecule has 1 aliphatic rings. The highest BCUT2D eigenvalue weighted by Crippen LogP contribution is 2.40. The highest BCUT2D eigenvalue weighted by atomic mass is 32.2. The first-order chi connectivity index (χ1) is 15.1. The largest absolute Gasteiger partial charge is 0.494 e. The van der Waals surface area contributed by atoms with Gasteiger partial charge in [-0.25, -0.2) is 4.90 Å². The van der Waals surface area contributed by atoms with Gasteiger partial charge in [-0.05, 0) is 60.9 Å². The van der Waals surface area contributed by atoms with Gasteiger partial charge in [0, 0.05) is 0 Å². The lowest BCUT2D eigenvalue weighted by atomic mass is 10.1. The maximum atomic E-state index is 13.4. The van der Waals surface area contributed by atoms with Crippen LogP contribution in [-0.2, 0) is 21.8 Å². The van der Waals surface area contributed by atoms with E-state index in [-0.39, 0.29) is 11.8 Å². The number of ether oxygens (including phenoxy) is 1. The highest BCUT2D eigenvalue weighted by molar-refractivity contribution is 8.03. The smallest absolute Gasteiger partial charge is 0.272 e. The van der Waals surface area contributed by atoms with Crippen LogP contribution < -0.4 is 9.64 Å². The molecule has 0 unspecified atom stereocenters. The van der Waals surface area contributed by atoms with Gasteiger partial charge in [-0.2, -0.15) is 0 Å². The van der Waals surface area contributed by atoms with E-state index in [1.165, 1.54) is 16.7 Å². The average Bonchev–Trinajstić information content (AvgIpc) is 3.39. The number of hydrogen-bond acceptors (Lipinski definition) is 5. The Morgan fingerprint density at radius 2 is 1.68 bits per heavy atom. The second-order valence-corrected chi connectivity index (χ2v) is 7.98. The zero-order valence-electron chi connectivity index (χ0n) is 17.5. The molecule has 5 nitrogen and oxygen atoms in total. The number of benzene rings is 2. The summed E-state index contributed by atoms with van der Waals surface area (Å²) in [6, 6.07) is 18.5. The van der Waals surface area contributed by atoms with Crippen molar-refractivity contribution in [1.29, 1.82) is 0 Å². The molecule has 1 aromatic heterocycles. The second-order valence-electron chi connectivity index (χ2n) is 7.00. The Bertz CT molecular complexity index is 1100. The number of thioether (sulfide) groups is 1. The zero-order valence-corrected chi connectivity index (χ0v) is 18.3. The van der Waals surface area contributed by atoms with E-state index in [4.69, 9.17) is 9.15 Å². The van der Waals surface area contributed by atoms with Crippen LogP contribution in [0.4, 0.5) is 5.69 Å². The molecule has 6 heteroatoms. The third kappa shape index (κ3) is 4.30. The number of carbonyl (C=O) groups is 2. The minimum Gasteiger partial charge on any atom is -0.494 e. The Morgan fingerprint density at radius 3 is 2.29 bits per heavy atom. The van der Waals surface area contributed by atoms with Gasteiger partial charge in [0.25, 0.3) is 11.8 Å². The number of anilines is 1. The van der Waals surface area contributed by atoms with E-state index in [2.05, 4.69) is 6.92 Å². The maximum Gasteiger partial charge on any atom is 0.272 e. The third-order valence-corrected chi connectivity index (χ3v) is 6.13. The topological polar surface area (TPSA) is 59.8 Å². The molecule has 0 aliphatic carbocycles. The SMILES string of the molecule is CCOc1ccc(C2=C(SCc3ccco3)C(=O)N(c3ccc(CC)cc3)C2=O)cc1. The minimum atomic E-state index is -0.319.